The number of ether oxygens (including phenoxy) is 2. The van der Waals surface area contributed by atoms with E-state index in [-0.39, 0.29) is 12.5 Å². The Morgan fingerprint density at radius 2 is 1.62 bits per heavy atom. The minimum atomic E-state index is -3.77. The highest BCUT2D eigenvalue weighted by molar-refractivity contribution is 7.92. The number of nitrogens with zero attached hydrogens (tertiary/aromatic N) is 2. The van der Waals surface area contributed by atoms with Gasteiger partial charge in [0.05, 0.1) is 35.5 Å². The van der Waals surface area contributed by atoms with Crippen molar-refractivity contribution >= 4 is 51.0 Å². The van der Waals surface area contributed by atoms with Gasteiger partial charge in [-0.2, -0.15) is 5.10 Å². The molecule has 0 bridgehead atoms. The van der Waals surface area contributed by atoms with Gasteiger partial charge in [0.1, 0.15) is 17.5 Å². The van der Waals surface area contributed by atoms with Crippen LogP contribution in [0.3, 0.4) is 0 Å². The fraction of sp³-hybridized carbons (Fsp3) is 0.222. The molecule has 0 radical (unpaired) electrons. The van der Waals surface area contributed by atoms with E-state index in [9.17, 15) is 18.0 Å². The third-order valence-electron chi connectivity index (χ3n) is 5.28. The highest BCUT2D eigenvalue weighted by atomic mass is 35.5. The number of carbonyl (C=O) groups is 2. The van der Waals surface area contributed by atoms with Gasteiger partial charge in [-0.25, -0.2) is 13.8 Å². The molecule has 39 heavy (non-hydrogen) atoms. The van der Waals surface area contributed by atoms with E-state index in [0.717, 1.165) is 10.6 Å². The molecule has 12 heteroatoms. The van der Waals surface area contributed by atoms with E-state index < -0.39 is 22.0 Å². The van der Waals surface area contributed by atoms with Crippen molar-refractivity contribution in [2.75, 3.05) is 29.1 Å². The summed E-state index contributed by atoms with van der Waals surface area (Å²) >= 11 is 6.03. The molecule has 0 saturated carbocycles. The van der Waals surface area contributed by atoms with Crippen LogP contribution < -0.4 is 24.5 Å². The summed E-state index contributed by atoms with van der Waals surface area (Å²) in [5, 5.41) is 7.03. The summed E-state index contributed by atoms with van der Waals surface area (Å²) in [5.74, 6) is 0.0699. The van der Waals surface area contributed by atoms with Crippen LogP contribution in [0.4, 0.5) is 11.4 Å². The topological polar surface area (TPSA) is 126 Å². The number of benzene rings is 3. The molecule has 2 amide bonds. The molecule has 3 rings (SSSR count). The molecule has 10 nitrogen and oxygen atoms in total. The number of carbonyl (C=O) groups excluding carboxylic acids is 2. The standard InChI is InChI=1S/C27H29ClN4O6S/c1-4-37-22-15-11-21(12-16-22)32(39(3,35)36)19(2)27(34)31-29-17-20-9-13-23(14-10-20)38-18-26(33)30-25-8-6-5-7-24(25)28/h5-17,19H,4,18H2,1-3H3,(H,30,33)(H,31,34). The minimum Gasteiger partial charge on any atom is -0.494 e. The van der Waals surface area contributed by atoms with E-state index in [4.69, 9.17) is 21.1 Å². The fourth-order valence-electron chi connectivity index (χ4n) is 3.48. The van der Waals surface area contributed by atoms with Crippen LogP contribution in [0.5, 0.6) is 11.5 Å². The zero-order valence-electron chi connectivity index (χ0n) is 21.6. The van der Waals surface area contributed by atoms with E-state index in [2.05, 4.69) is 15.8 Å². The summed E-state index contributed by atoms with van der Waals surface area (Å²) in [6.45, 7) is 3.58. The van der Waals surface area contributed by atoms with Crippen LogP contribution in [0.15, 0.2) is 77.9 Å². The van der Waals surface area contributed by atoms with Gasteiger partial charge < -0.3 is 14.8 Å². The summed E-state index contributed by atoms with van der Waals surface area (Å²) in [4.78, 5) is 24.8. The van der Waals surface area contributed by atoms with Crippen molar-refractivity contribution in [2.45, 2.75) is 19.9 Å². The zero-order chi connectivity index (χ0) is 28.4. The fourth-order valence-corrected chi connectivity index (χ4v) is 4.83. The van der Waals surface area contributed by atoms with Crippen molar-refractivity contribution in [1.82, 2.24) is 5.43 Å². The molecule has 0 spiro atoms. The summed E-state index contributed by atoms with van der Waals surface area (Å²) < 4.78 is 36.8. The van der Waals surface area contributed by atoms with Crippen molar-refractivity contribution < 1.29 is 27.5 Å². The van der Waals surface area contributed by atoms with Gasteiger partial charge in [-0.3, -0.25) is 13.9 Å². The van der Waals surface area contributed by atoms with Gasteiger partial charge in [0.2, 0.25) is 10.0 Å². The first-order valence-corrected chi connectivity index (χ1v) is 14.1. The number of halogens is 1. The first-order valence-electron chi connectivity index (χ1n) is 11.9. The molecule has 206 valence electrons. The Morgan fingerprint density at radius 1 is 1.00 bits per heavy atom. The number of nitrogens with one attached hydrogen (secondary N) is 2. The average Bonchev–Trinajstić information content (AvgIpc) is 2.90. The van der Waals surface area contributed by atoms with Crippen LogP contribution in [-0.2, 0) is 19.6 Å². The molecule has 1 unspecified atom stereocenters. The second-order valence-electron chi connectivity index (χ2n) is 8.28. The highest BCUT2D eigenvalue weighted by Crippen LogP contribution is 2.24. The largest absolute Gasteiger partial charge is 0.494 e. The molecular weight excluding hydrogens is 544 g/mol. The third-order valence-corrected chi connectivity index (χ3v) is 6.85. The molecule has 3 aromatic rings. The lowest BCUT2D eigenvalue weighted by Gasteiger charge is -2.27. The Hall–Kier alpha value is -4.09. The third kappa shape index (κ3) is 8.72. The Balaban J connectivity index is 1.54. The van der Waals surface area contributed by atoms with Crippen LogP contribution in [0.2, 0.25) is 5.02 Å². The quantitative estimate of drug-likeness (QED) is 0.249. The number of anilines is 2. The van der Waals surface area contributed by atoms with Crippen LogP contribution in [0, 0.1) is 0 Å². The van der Waals surface area contributed by atoms with Crippen molar-refractivity contribution in [3.05, 3.63) is 83.4 Å². The van der Waals surface area contributed by atoms with Gasteiger partial charge in [-0.1, -0.05) is 23.7 Å². The maximum absolute atomic E-state index is 12.7. The number of hydrogen-bond donors (Lipinski definition) is 2. The van der Waals surface area contributed by atoms with Crippen LogP contribution >= 0.6 is 11.6 Å². The molecule has 0 aliphatic carbocycles. The van der Waals surface area contributed by atoms with Gasteiger partial charge in [-0.05, 0) is 80.1 Å². The predicted molar refractivity (Wildman–Crippen MR) is 152 cm³/mol. The van der Waals surface area contributed by atoms with Crippen LogP contribution in [0.25, 0.3) is 0 Å². The minimum absolute atomic E-state index is 0.211. The maximum Gasteiger partial charge on any atom is 0.263 e. The molecule has 0 aliphatic heterocycles. The average molecular weight is 573 g/mol. The SMILES string of the molecule is CCOc1ccc(N(C(C)C(=O)NN=Cc2ccc(OCC(=O)Nc3ccccc3Cl)cc2)S(C)(=O)=O)cc1. The number of sulfonamides is 1. The van der Waals surface area contributed by atoms with Gasteiger partial charge in [0.25, 0.3) is 11.8 Å². The van der Waals surface area contributed by atoms with Crippen molar-refractivity contribution in [3.8, 4) is 11.5 Å². The molecule has 0 aromatic heterocycles. The molecule has 0 heterocycles. The molecule has 0 aliphatic rings. The molecule has 3 aromatic carbocycles. The lowest BCUT2D eigenvalue weighted by molar-refractivity contribution is -0.121. The Kier molecular flexibility index (Phi) is 10.3. The maximum atomic E-state index is 12.7. The predicted octanol–water partition coefficient (Wildman–Crippen LogP) is 4.06. The monoisotopic (exact) mass is 572 g/mol. The van der Waals surface area contributed by atoms with Gasteiger partial charge in [0.15, 0.2) is 6.61 Å². The van der Waals surface area contributed by atoms with E-state index >= 15 is 0 Å². The first kappa shape index (κ1) is 29.5. The summed E-state index contributed by atoms with van der Waals surface area (Å²) in [7, 11) is -3.77. The van der Waals surface area contributed by atoms with Crippen LogP contribution in [-0.4, -0.2) is 52.0 Å². The van der Waals surface area contributed by atoms with E-state index in [0.29, 0.717) is 40.1 Å². The molecule has 0 saturated heterocycles. The van der Waals surface area contributed by atoms with Gasteiger partial charge in [0, 0.05) is 0 Å². The van der Waals surface area contributed by atoms with Crippen molar-refractivity contribution in [2.24, 2.45) is 5.10 Å². The van der Waals surface area contributed by atoms with E-state index in [1.165, 1.54) is 13.1 Å². The number of rotatable bonds is 12. The Bertz CT molecular complexity index is 1410. The zero-order valence-corrected chi connectivity index (χ0v) is 23.2. The smallest absolute Gasteiger partial charge is 0.263 e. The molecule has 1 atom stereocenters. The summed E-state index contributed by atoms with van der Waals surface area (Å²) in [6, 6.07) is 18.9. The number of hydrazone groups is 1. The van der Waals surface area contributed by atoms with E-state index in [1.54, 1.807) is 72.8 Å². The second kappa shape index (κ2) is 13.6. The Morgan fingerprint density at radius 3 is 2.23 bits per heavy atom. The normalized spacial score (nSPS) is 12.0. The summed E-state index contributed by atoms with van der Waals surface area (Å²) in [6.07, 6.45) is 2.43. The number of hydrogen-bond acceptors (Lipinski definition) is 7. The van der Waals surface area contributed by atoms with E-state index in [1.807, 2.05) is 6.92 Å². The highest BCUT2D eigenvalue weighted by Gasteiger charge is 2.29. The van der Waals surface area contributed by atoms with Crippen molar-refractivity contribution in [3.63, 3.8) is 0 Å². The Labute approximate surface area is 232 Å². The molecule has 2 N–H and O–H groups in total. The number of para-hydroxylation sites is 1. The first-order chi connectivity index (χ1) is 18.6. The van der Waals surface area contributed by atoms with Crippen LogP contribution in [0.1, 0.15) is 19.4 Å². The lowest BCUT2D eigenvalue weighted by Crippen LogP contribution is -2.46. The molecular formula is C27H29ClN4O6S. The summed E-state index contributed by atoms with van der Waals surface area (Å²) in [5.41, 5.74) is 3.83. The van der Waals surface area contributed by atoms with Crippen molar-refractivity contribution in [1.29, 1.82) is 0 Å². The number of amides is 2. The van der Waals surface area contributed by atoms with Gasteiger partial charge in [-0.15, -0.1) is 0 Å². The van der Waals surface area contributed by atoms with Gasteiger partial charge >= 0.3 is 0 Å². The second-order valence-corrected chi connectivity index (χ2v) is 10.5. The lowest BCUT2D eigenvalue weighted by atomic mass is 10.2. The molecule has 0 fully saturated rings.